The molecule has 0 bridgehead atoms. The standard InChI is InChI=1S/C17H27FN2O/c1-2-9-19-13-14-12-15(18)7-8-17(14)20(10-11-21)16-5-3-4-6-16/h7-8,12,16,19,21H,2-6,9-11,13H2,1H3. The van der Waals surface area contributed by atoms with Crippen molar-refractivity contribution >= 4 is 5.69 Å². The first-order valence-electron chi connectivity index (χ1n) is 8.13. The first-order chi connectivity index (χ1) is 10.3. The third-order valence-corrected chi connectivity index (χ3v) is 4.20. The van der Waals surface area contributed by atoms with Gasteiger partial charge in [0.25, 0.3) is 0 Å². The summed E-state index contributed by atoms with van der Waals surface area (Å²) in [5.74, 6) is -0.192. The Labute approximate surface area is 127 Å². The summed E-state index contributed by atoms with van der Waals surface area (Å²) in [6, 6.07) is 5.49. The van der Waals surface area contributed by atoms with Crippen LogP contribution in [0.2, 0.25) is 0 Å². The Morgan fingerprint density at radius 2 is 2.10 bits per heavy atom. The van der Waals surface area contributed by atoms with E-state index in [1.165, 1.54) is 31.7 Å². The average molecular weight is 294 g/mol. The summed E-state index contributed by atoms with van der Waals surface area (Å²) in [5, 5.41) is 12.7. The van der Waals surface area contributed by atoms with Crippen LogP contribution >= 0.6 is 0 Å². The fourth-order valence-corrected chi connectivity index (χ4v) is 3.20. The van der Waals surface area contributed by atoms with Gasteiger partial charge in [-0.3, -0.25) is 0 Å². The normalized spacial score (nSPS) is 15.6. The van der Waals surface area contributed by atoms with E-state index in [1.807, 2.05) is 6.07 Å². The Hall–Kier alpha value is -1.13. The predicted molar refractivity (Wildman–Crippen MR) is 85.1 cm³/mol. The van der Waals surface area contributed by atoms with Gasteiger partial charge in [0, 0.05) is 24.8 Å². The molecule has 21 heavy (non-hydrogen) atoms. The van der Waals surface area contributed by atoms with Crippen LogP contribution in [0.1, 0.15) is 44.6 Å². The van der Waals surface area contributed by atoms with E-state index >= 15 is 0 Å². The van der Waals surface area contributed by atoms with Crippen molar-refractivity contribution < 1.29 is 9.50 Å². The number of hydrogen-bond donors (Lipinski definition) is 2. The van der Waals surface area contributed by atoms with Gasteiger partial charge in [-0.05, 0) is 49.6 Å². The Kier molecular flexibility index (Phi) is 6.46. The summed E-state index contributed by atoms with van der Waals surface area (Å²) in [6.07, 6.45) is 5.89. The third-order valence-electron chi connectivity index (χ3n) is 4.20. The van der Waals surface area contributed by atoms with Gasteiger partial charge in [-0.25, -0.2) is 4.39 Å². The Bertz CT molecular complexity index is 433. The van der Waals surface area contributed by atoms with E-state index in [4.69, 9.17) is 0 Å². The zero-order chi connectivity index (χ0) is 15.1. The molecule has 3 nitrogen and oxygen atoms in total. The number of aliphatic hydroxyl groups is 1. The molecule has 1 aliphatic rings. The highest BCUT2D eigenvalue weighted by Crippen LogP contribution is 2.30. The molecule has 2 rings (SSSR count). The first kappa shape index (κ1) is 16.2. The molecule has 1 aromatic carbocycles. The van der Waals surface area contributed by atoms with Gasteiger partial charge < -0.3 is 15.3 Å². The zero-order valence-corrected chi connectivity index (χ0v) is 12.9. The molecule has 0 atom stereocenters. The lowest BCUT2D eigenvalue weighted by Gasteiger charge is -2.32. The number of anilines is 1. The topological polar surface area (TPSA) is 35.5 Å². The molecule has 0 saturated heterocycles. The highest BCUT2D eigenvalue weighted by Gasteiger charge is 2.24. The maximum absolute atomic E-state index is 13.6. The molecule has 0 amide bonds. The summed E-state index contributed by atoms with van der Waals surface area (Å²) < 4.78 is 13.6. The van der Waals surface area contributed by atoms with Crippen molar-refractivity contribution in [1.82, 2.24) is 5.32 Å². The van der Waals surface area contributed by atoms with Crippen molar-refractivity contribution in [2.75, 3.05) is 24.6 Å². The lowest BCUT2D eigenvalue weighted by atomic mass is 10.1. The Morgan fingerprint density at radius 3 is 2.76 bits per heavy atom. The van der Waals surface area contributed by atoms with Gasteiger partial charge in [0.15, 0.2) is 0 Å². The second kappa shape index (κ2) is 8.35. The van der Waals surface area contributed by atoms with Gasteiger partial charge in [-0.1, -0.05) is 19.8 Å². The van der Waals surface area contributed by atoms with Gasteiger partial charge in [0.2, 0.25) is 0 Å². The highest BCUT2D eigenvalue weighted by atomic mass is 19.1. The monoisotopic (exact) mass is 294 g/mol. The third kappa shape index (κ3) is 4.42. The second-order valence-corrected chi connectivity index (χ2v) is 5.81. The molecular weight excluding hydrogens is 267 g/mol. The highest BCUT2D eigenvalue weighted by molar-refractivity contribution is 5.55. The lowest BCUT2D eigenvalue weighted by molar-refractivity contribution is 0.297. The fraction of sp³-hybridized carbons (Fsp3) is 0.647. The average Bonchev–Trinajstić information content (AvgIpc) is 3.00. The molecule has 0 unspecified atom stereocenters. The van der Waals surface area contributed by atoms with E-state index in [0.717, 1.165) is 24.2 Å². The van der Waals surface area contributed by atoms with E-state index < -0.39 is 0 Å². The molecule has 0 radical (unpaired) electrons. The molecule has 0 aromatic heterocycles. The van der Waals surface area contributed by atoms with E-state index in [2.05, 4.69) is 17.1 Å². The predicted octanol–water partition coefficient (Wildman–Crippen LogP) is 3.07. The molecule has 1 saturated carbocycles. The maximum Gasteiger partial charge on any atom is 0.123 e. The smallest absolute Gasteiger partial charge is 0.123 e. The maximum atomic E-state index is 13.6. The molecule has 118 valence electrons. The number of rotatable bonds is 8. The van der Waals surface area contributed by atoms with Crippen molar-refractivity contribution in [3.05, 3.63) is 29.6 Å². The lowest BCUT2D eigenvalue weighted by Crippen LogP contribution is -2.36. The quantitative estimate of drug-likeness (QED) is 0.723. The van der Waals surface area contributed by atoms with Crippen LogP contribution in [0.3, 0.4) is 0 Å². The van der Waals surface area contributed by atoms with Crippen LogP contribution in [-0.4, -0.2) is 30.8 Å². The summed E-state index contributed by atoms with van der Waals surface area (Å²) in [4.78, 5) is 2.27. The van der Waals surface area contributed by atoms with Gasteiger partial charge in [0.1, 0.15) is 5.82 Å². The van der Waals surface area contributed by atoms with E-state index in [1.54, 1.807) is 6.07 Å². The molecule has 0 spiro atoms. The van der Waals surface area contributed by atoms with Crippen LogP contribution in [0.4, 0.5) is 10.1 Å². The van der Waals surface area contributed by atoms with Crippen LogP contribution in [0.25, 0.3) is 0 Å². The number of halogens is 1. The first-order valence-corrected chi connectivity index (χ1v) is 8.13. The summed E-state index contributed by atoms with van der Waals surface area (Å²) in [5.41, 5.74) is 2.06. The minimum atomic E-state index is -0.192. The van der Waals surface area contributed by atoms with Crippen molar-refractivity contribution in [3.63, 3.8) is 0 Å². The van der Waals surface area contributed by atoms with E-state index in [9.17, 15) is 9.50 Å². The van der Waals surface area contributed by atoms with Crippen LogP contribution in [-0.2, 0) is 6.54 Å². The summed E-state index contributed by atoms with van der Waals surface area (Å²) in [6.45, 7) is 4.48. The van der Waals surface area contributed by atoms with Crippen molar-refractivity contribution in [1.29, 1.82) is 0 Å². The van der Waals surface area contributed by atoms with Crippen LogP contribution in [0.15, 0.2) is 18.2 Å². The number of hydrogen-bond acceptors (Lipinski definition) is 3. The second-order valence-electron chi connectivity index (χ2n) is 5.81. The van der Waals surface area contributed by atoms with Crippen molar-refractivity contribution in [3.8, 4) is 0 Å². The minimum Gasteiger partial charge on any atom is -0.395 e. The Morgan fingerprint density at radius 1 is 1.33 bits per heavy atom. The number of aliphatic hydroxyl groups excluding tert-OH is 1. The van der Waals surface area contributed by atoms with Crippen molar-refractivity contribution in [2.45, 2.75) is 51.6 Å². The fourth-order valence-electron chi connectivity index (χ4n) is 3.20. The van der Waals surface area contributed by atoms with Gasteiger partial charge >= 0.3 is 0 Å². The molecule has 2 N–H and O–H groups in total. The van der Waals surface area contributed by atoms with Crippen molar-refractivity contribution in [2.24, 2.45) is 0 Å². The van der Waals surface area contributed by atoms with E-state index in [0.29, 0.717) is 19.1 Å². The van der Waals surface area contributed by atoms with Crippen LogP contribution in [0.5, 0.6) is 0 Å². The van der Waals surface area contributed by atoms with Gasteiger partial charge in [0.05, 0.1) is 6.61 Å². The molecule has 4 heteroatoms. The van der Waals surface area contributed by atoms with Gasteiger partial charge in [-0.15, -0.1) is 0 Å². The van der Waals surface area contributed by atoms with Crippen LogP contribution < -0.4 is 10.2 Å². The molecule has 0 heterocycles. The molecule has 1 aromatic rings. The van der Waals surface area contributed by atoms with E-state index in [-0.39, 0.29) is 12.4 Å². The number of benzene rings is 1. The zero-order valence-electron chi connectivity index (χ0n) is 12.9. The minimum absolute atomic E-state index is 0.135. The number of nitrogens with one attached hydrogen (secondary N) is 1. The SMILES string of the molecule is CCCNCc1cc(F)ccc1N(CCO)C1CCCC1. The van der Waals surface area contributed by atoms with Gasteiger partial charge in [-0.2, -0.15) is 0 Å². The largest absolute Gasteiger partial charge is 0.395 e. The molecule has 0 aliphatic heterocycles. The summed E-state index contributed by atoms with van der Waals surface area (Å²) >= 11 is 0. The molecule has 1 fully saturated rings. The summed E-state index contributed by atoms with van der Waals surface area (Å²) in [7, 11) is 0. The molecule has 1 aliphatic carbocycles. The van der Waals surface area contributed by atoms with Crippen LogP contribution in [0, 0.1) is 5.82 Å². The molecular formula is C17H27FN2O. The Balaban J connectivity index is 2.20. The number of nitrogens with zero attached hydrogens (tertiary/aromatic N) is 1.